The summed E-state index contributed by atoms with van der Waals surface area (Å²) in [6, 6.07) is 14.7. The second kappa shape index (κ2) is 13.5. The monoisotopic (exact) mass is 712 g/mol. The lowest BCUT2D eigenvalue weighted by atomic mass is 10.1. The van der Waals surface area contributed by atoms with E-state index in [0.717, 1.165) is 63.3 Å². The van der Waals surface area contributed by atoms with Gasteiger partial charge in [-0.15, -0.1) is 22.7 Å². The van der Waals surface area contributed by atoms with E-state index in [2.05, 4.69) is 47.2 Å². The predicted molar refractivity (Wildman–Crippen MR) is 193 cm³/mol. The maximum Gasteiger partial charge on any atom is 0.333 e. The normalized spacial score (nSPS) is 15.7. The van der Waals surface area contributed by atoms with E-state index in [9.17, 15) is 28.8 Å². The van der Waals surface area contributed by atoms with Gasteiger partial charge in [0.15, 0.2) is 0 Å². The van der Waals surface area contributed by atoms with E-state index in [1.807, 2.05) is 24.3 Å². The molecule has 12 nitrogen and oxygen atoms in total. The van der Waals surface area contributed by atoms with Gasteiger partial charge in [-0.25, -0.2) is 9.59 Å². The summed E-state index contributed by atoms with van der Waals surface area (Å²) < 4.78 is 4.17. The van der Waals surface area contributed by atoms with Crippen LogP contribution in [0, 0.1) is 0 Å². The van der Waals surface area contributed by atoms with Gasteiger partial charge < -0.3 is 9.13 Å². The van der Waals surface area contributed by atoms with Crippen molar-refractivity contribution in [1.29, 1.82) is 0 Å². The van der Waals surface area contributed by atoms with Crippen molar-refractivity contribution in [2.75, 3.05) is 28.2 Å². The summed E-state index contributed by atoms with van der Waals surface area (Å²) in [4.78, 5) is 83.8. The molecule has 6 rings (SSSR count). The summed E-state index contributed by atoms with van der Waals surface area (Å²) in [5.74, 6) is -2.51. The molecule has 0 aromatic carbocycles. The molecule has 0 atom stereocenters. The van der Waals surface area contributed by atoms with Crippen LogP contribution in [0.1, 0.15) is 38.1 Å². The Bertz CT molecular complexity index is 1940. The molecule has 258 valence electrons. The third kappa shape index (κ3) is 5.83. The summed E-state index contributed by atoms with van der Waals surface area (Å²) in [6.07, 6.45) is 4.78. The summed E-state index contributed by atoms with van der Waals surface area (Å²) in [5.41, 5.74) is 3.19. The molecule has 8 amide bonds. The molecule has 2 saturated heterocycles. The molecular formula is C36H36N6O6S2. The van der Waals surface area contributed by atoms with E-state index in [4.69, 9.17) is 0 Å². The maximum absolute atomic E-state index is 12.9. The van der Waals surface area contributed by atoms with Crippen molar-refractivity contribution in [2.45, 2.75) is 39.8 Å². The van der Waals surface area contributed by atoms with E-state index >= 15 is 0 Å². The molecule has 4 aromatic heterocycles. The number of hydrogen-bond donors (Lipinski definition) is 0. The first-order valence-electron chi connectivity index (χ1n) is 16.1. The van der Waals surface area contributed by atoms with Crippen LogP contribution < -0.4 is 0 Å². The van der Waals surface area contributed by atoms with E-state index < -0.39 is 35.7 Å². The Balaban J connectivity index is 1.30. The summed E-state index contributed by atoms with van der Waals surface area (Å²) >= 11 is 3.28. The first-order valence-corrected chi connectivity index (χ1v) is 17.7. The molecular weight excluding hydrogens is 677 g/mol. The largest absolute Gasteiger partial charge is 0.340 e. The van der Waals surface area contributed by atoms with Crippen LogP contribution in [0.2, 0.25) is 0 Å². The van der Waals surface area contributed by atoms with Crippen molar-refractivity contribution in [1.82, 2.24) is 28.7 Å². The second-order valence-corrected chi connectivity index (χ2v) is 14.2. The third-order valence-corrected chi connectivity index (χ3v) is 11.2. The van der Waals surface area contributed by atoms with Crippen molar-refractivity contribution >= 4 is 70.5 Å². The van der Waals surface area contributed by atoms with Gasteiger partial charge in [0.05, 0.1) is 21.1 Å². The van der Waals surface area contributed by atoms with Crippen molar-refractivity contribution in [3.05, 3.63) is 71.1 Å². The van der Waals surface area contributed by atoms with Crippen LogP contribution in [0.3, 0.4) is 0 Å². The van der Waals surface area contributed by atoms with Crippen molar-refractivity contribution in [2.24, 2.45) is 0 Å². The lowest BCUT2D eigenvalue weighted by Crippen LogP contribution is -2.52. The summed E-state index contributed by atoms with van der Waals surface area (Å²) in [5, 5.41) is 0. The van der Waals surface area contributed by atoms with Crippen LogP contribution in [0.25, 0.3) is 43.0 Å². The fourth-order valence-corrected chi connectivity index (χ4v) is 8.23. The molecule has 0 aliphatic carbocycles. The molecule has 2 fully saturated rings. The number of amides is 8. The number of nitrogens with zero attached hydrogens (tertiary/aromatic N) is 6. The van der Waals surface area contributed by atoms with Crippen LogP contribution in [-0.2, 0) is 32.3 Å². The SMILES string of the molecule is CCCn1c(C=C2C(=O)N(C)C(=O)N(C)C2=O)ccc1-c1ccc(-c2ccc(-c3ccc(C=C4C(=O)N(C)C(=O)N(C)C4=O)n3CCC)s2)s1. The molecule has 0 spiro atoms. The number of carbonyl (C=O) groups is 6. The molecule has 0 bridgehead atoms. The fourth-order valence-electron chi connectivity index (χ4n) is 6.06. The van der Waals surface area contributed by atoms with Crippen LogP contribution in [0.4, 0.5) is 9.59 Å². The van der Waals surface area contributed by atoms with E-state index in [1.54, 1.807) is 34.8 Å². The highest BCUT2D eigenvalue weighted by Crippen LogP contribution is 2.41. The molecule has 50 heavy (non-hydrogen) atoms. The minimum atomic E-state index is -0.659. The van der Waals surface area contributed by atoms with Crippen LogP contribution in [0.5, 0.6) is 0 Å². The molecule has 0 radical (unpaired) electrons. The number of thiophene rings is 2. The highest BCUT2D eigenvalue weighted by atomic mass is 32.1. The molecule has 0 unspecified atom stereocenters. The Hall–Kier alpha value is -5.34. The number of aromatic nitrogens is 2. The number of rotatable bonds is 9. The minimum Gasteiger partial charge on any atom is -0.340 e. The molecule has 6 heterocycles. The van der Waals surface area contributed by atoms with E-state index in [-0.39, 0.29) is 11.1 Å². The predicted octanol–water partition coefficient (Wildman–Crippen LogP) is 6.10. The first-order chi connectivity index (χ1) is 23.9. The van der Waals surface area contributed by atoms with E-state index in [1.165, 1.54) is 28.2 Å². The third-order valence-electron chi connectivity index (χ3n) is 8.76. The van der Waals surface area contributed by atoms with Crippen molar-refractivity contribution in [3.63, 3.8) is 0 Å². The van der Waals surface area contributed by atoms with Gasteiger partial charge in [0.1, 0.15) is 11.1 Å². The highest BCUT2D eigenvalue weighted by Gasteiger charge is 2.39. The molecule has 0 saturated carbocycles. The summed E-state index contributed by atoms with van der Waals surface area (Å²) in [6.45, 7) is 5.45. The summed E-state index contributed by atoms with van der Waals surface area (Å²) in [7, 11) is 5.45. The van der Waals surface area contributed by atoms with Crippen LogP contribution in [-0.4, -0.2) is 92.6 Å². The quantitative estimate of drug-likeness (QED) is 0.153. The number of urea groups is 2. The minimum absolute atomic E-state index is 0.0616. The van der Waals surface area contributed by atoms with Gasteiger partial charge in [-0.2, -0.15) is 0 Å². The first kappa shape index (κ1) is 34.5. The fraction of sp³-hybridized carbons (Fsp3) is 0.278. The van der Waals surface area contributed by atoms with Gasteiger partial charge in [-0.05, 0) is 73.5 Å². The topological polar surface area (TPSA) is 125 Å². The standard InChI is InChI=1S/C36H36N6O6S2/c1-7-17-41-21(19-23-31(43)37(3)35(47)38(4)32(23)44)9-11-25(41)27-13-15-29(49-27)30-16-14-28(50-30)26-12-10-22(42(26)18-8-2)20-24-33(45)39(5)36(48)40(6)34(24)46/h9-16,19-20H,7-8,17-18H2,1-6H3. The van der Waals surface area contributed by atoms with E-state index in [0.29, 0.717) is 24.5 Å². The van der Waals surface area contributed by atoms with Crippen LogP contribution in [0.15, 0.2) is 59.7 Å². The average Bonchev–Trinajstić information content (AvgIpc) is 3.93. The molecule has 2 aliphatic rings. The number of barbiturate groups is 2. The zero-order chi connectivity index (χ0) is 36.0. The Morgan fingerprint density at radius 1 is 0.480 bits per heavy atom. The Kier molecular flexibility index (Phi) is 9.33. The maximum atomic E-state index is 12.9. The van der Waals surface area contributed by atoms with Gasteiger partial charge in [-0.1, -0.05) is 13.8 Å². The van der Waals surface area contributed by atoms with Crippen LogP contribution >= 0.6 is 22.7 Å². The number of imide groups is 4. The number of likely N-dealkylation sites (N-methyl/N-ethyl adjacent to an activating group) is 4. The molecule has 0 N–H and O–H groups in total. The van der Waals surface area contributed by atoms with Crippen molar-refractivity contribution in [3.8, 4) is 30.9 Å². The molecule has 2 aliphatic heterocycles. The zero-order valence-corrected chi connectivity index (χ0v) is 30.2. The number of hydrogen-bond acceptors (Lipinski definition) is 8. The lowest BCUT2D eigenvalue weighted by Gasteiger charge is -2.28. The van der Waals surface area contributed by atoms with Gasteiger partial charge in [0.2, 0.25) is 0 Å². The molecule has 4 aromatic rings. The Morgan fingerprint density at radius 2 is 0.800 bits per heavy atom. The highest BCUT2D eigenvalue weighted by molar-refractivity contribution is 7.25. The lowest BCUT2D eigenvalue weighted by molar-refractivity contribution is -0.135. The average molecular weight is 713 g/mol. The number of carbonyl (C=O) groups excluding carboxylic acids is 6. The van der Waals surface area contributed by atoms with Crippen molar-refractivity contribution < 1.29 is 28.8 Å². The Labute approximate surface area is 297 Å². The smallest absolute Gasteiger partial charge is 0.333 e. The zero-order valence-electron chi connectivity index (χ0n) is 28.6. The molecule has 14 heteroatoms. The van der Waals surface area contributed by atoms with Gasteiger partial charge in [0.25, 0.3) is 23.6 Å². The Morgan fingerprint density at radius 3 is 1.12 bits per heavy atom. The second-order valence-electron chi connectivity index (χ2n) is 12.1. The van der Waals surface area contributed by atoms with Gasteiger partial charge in [0, 0.05) is 62.4 Å². The van der Waals surface area contributed by atoms with Gasteiger partial charge in [-0.3, -0.25) is 38.8 Å². The van der Waals surface area contributed by atoms with Gasteiger partial charge >= 0.3 is 12.1 Å².